The summed E-state index contributed by atoms with van der Waals surface area (Å²) >= 11 is 0. The number of allylic oxidation sites excluding steroid dienone is 3. The van der Waals surface area contributed by atoms with Crippen molar-refractivity contribution >= 4 is 5.84 Å². The number of amidine groups is 1. The highest BCUT2D eigenvalue weighted by molar-refractivity contribution is 5.80. The summed E-state index contributed by atoms with van der Waals surface area (Å²) in [6, 6.07) is 0. The van der Waals surface area contributed by atoms with Crippen LogP contribution in [0.1, 0.15) is 33.6 Å². The molecule has 17 heavy (non-hydrogen) atoms. The Morgan fingerprint density at radius 1 is 1.47 bits per heavy atom. The van der Waals surface area contributed by atoms with E-state index in [0.29, 0.717) is 0 Å². The predicted molar refractivity (Wildman–Crippen MR) is 72.9 cm³/mol. The molecule has 94 valence electrons. The Labute approximate surface area is 104 Å². The SMILES string of the molecule is C=CNC(C)=NC1OC1CC=CC(C)=CCC. The molecule has 1 N–H and O–H groups in total. The molecule has 2 unspecified atom stereocenters. The molecule has 0 saturated carbocycles. The molecule has 1 aliphatic rings. The second kappa shape index (κ2) is 7.07. The van der Waals surface area contributed by atoms with E-state index in [1.165, 1.54) is 5.57 Å². The molecule has 1 heterocycles. The minimum Gasteiger partial charge on any atom is -0.351 e. The average molecular weight is 234 g/mol. The minimum absolute atomic E-state index is 0.0163. The van der Waals surface area contributed by atoms with Crippen LogP contribution in [0.4, 0.5) is 0 Å². The third kappa shape index (κ3) is 5.50. The van der Waals surface area contributed by atoms with Gasteiger partial charge < -0.3 is 10.1 Å². The lowest BCUT2D eigenvalue weighted by Crippen LogP contribution is -2.13. The topological polar surface area (TPSA) is 36.9 Å². The number of nitrogens with one attached hydrogen (secondary N) is 1. The first kappa shape index (κ1) is 13.7. The number of nitrogens with zero attached hydrogens (tertiary/aromatic N) is 1. The summed E-state index contributed by atoms with van der Waals surface area (Å²) in [6.45, 7) is 9.74. The maximum Gasteiger partial charge on any atom is 0.177 e. The van der Waals surface area contributed by atoms with Gasteiger partial charge in [0.05, 0.1) is 0 Å². The molecule has 0 aromatic heterocycles. The number of ether oxygens (including phenoxy) is 1. The van der Waals surface area contributed by atoms with Gasteiger partial charge in [0, 0.05) is 0 Å². The first-order valence-corrected chi connectivity index (χ1v) is 6.08. The lowest BCUT2D eigenvalue weighted by molar-refractivity contribution is 0.375. The van der Waals surface area contributed by atoms with E-state index in [4.69, 9.17) is 4.74 Å². The second-order valence-corrected chi connectivity index (χ2v) is 4.12. The molecule has 1 saturated heterocycles. The maximum atomic E-state index is 5.44. The summed E-state index contributed by atoms with van der Waals surface area (Å²) in [7, 11) is 0. The number of hydrogen-bond acceptors (Lipinski definition) is 2. The minimum atomic E-state index is 0.0163. The number of hydrogen-bond donors (Lipinski definition) is 1. The first-order valence-electron chi connectivity index (χ1n) is 6.08. The van der Waals surface area contributed by atoms with E-state index in [1.54, 1.807) is 6.20 Å². The van der Waals surface area contributed by atoms with E-state index < -0.39 is 0 Å². The molecule has 2 atom stereocenters. The first-order chi connectivity index (χ1) is 8.17. The summed E-state index contributed by atoms with van der Waals surface area (Å²) in [5.74, 6) is 0.846. The van der Waals surface area contributed by atoms with Crippen LogP contribution in [0, 0.1) is 0 Å². The number of epoxide rings is 1. The van der Waals surface area contributed by atoms with Gasteiger partial charge in [-0.2, -0.15) is 0 Å². The van der Waals surface area contributed by atoms with Crippen molar-refractivity contribution < 1.29 is 4.74 Å². The Kier molecular flexibility index (Phi) is 5.70. The molecule has 1 fully saturated rings. The van der Waals surface area contributed by atoms with E-state index in [-0.39, 0.29) is 12.3 Å². The van der Waals surface area contributed by atoms with E-state index in [1.807, 2.05) is 6.92 Å². The Morgan fingerprint density at radius 2 is 2.24 bits per heavy atom. The Bertz CT molecular complexity index is 342. The summed E-state index contributed by atoms with van der Waals surface area (Å²) in [5, 5.41) is 2.94. The summed E-state index contributed by atoms with van der Waals surface area (Å²) < 4.78 is 5.44. The smallest absolute Gasteiger partial charge is 0.177 e. The molecule has 1 rings (SSSR count). The summed E-state index contributed by atoms with van der Waals surface area (Å²) in [5.41, 5.74) is 1.30. The molecule has 0 bridgehead atoms. The van der Waals surface area contributed by atoms with Gasteiger partial charge >= 0.3 is 0 Å². The molecular formula is C14H22N2O. The Hall–Kier alpha value is -1.35. The van der Waals surface area contributed by atoms with Crippen molar-refractivity contribution in [2.45, 2.75) is 45.9 Å². The standard InChI is InChI=1S/C14H22N2O/c1-5-8-11(3)9-7-10-13-14(17-13)16-12(4)15-6-2/h6-9,13-14H,2,5,10H2,1,3-4H3,(H,15,16). The van der Waals surface area contributed by atoms with Crippen LogP contribution in [-0.4, -0.2) is 18.2 Å². The van der Waals surface area contributed by atoms with Crippen molar-refractivity contribution in [3.8, 4) is 0 Å². The monoisotopic (exact) mass is 234 g/mol. The quantitative estimate of drug-likeness (QED) is 0.332. The van der Waals surface area contributed by atoms with E-state index >= 15 is 0 Å². The van der Waals surface area contributed by atoms with Crippen LogP contribution in [0.5, 0.6) is 0 Å². The fraction of sp³-hybridized carbons (Fsp3) is 0.500. The van der Waals surface area contributed by atoms with Crippen molar-refractivity contribution in [1.82, 2.24) is 5.32 Å². The molecule has 0 amide bonds. The van der Waals surface area contributed by atoms with Crippen molar-refractivity contribution in [3.63, 3.8) is 0 Å². The second-order valence-electron chi connectivity index (χ2n) is 4.12. The van der Waals surface area contributed by atoms with E-state index in [0.717, 1.165) is 18.7 Å². The predicted octanol–water partition coefficient (Wildman–Crippen LogP) is 3.17. The molecule has 3 heteroatoms. The Balaban J connectivity index is 2.27. The normalized spacial score (nSPS) is 25.1. The number of rotatable bonds is 6. The maximum absolute atomic E-state index is 5.44. The number of aliphatic imine (C=N–C) groups is 1. The van der Waals surface area contributed by atoms with Crippen LogP contribution in [0.25, 0.3) is 0 Å². The van der Waals surface area contributed by atoms with Gasteiger partial charge in [0.1, 0.15) is 11.9 Å². The van der Waals surface area contributed by atoms with Crippen molar-refractivity contribution in [2.24, 2.45) is 4.99 Å². The van der Waals surface area contributed by atoms with Gasteiger partial charge in [0.15, 0.2) is 6.23 Å². The van der Waals surface area contributed by atoms with Gasteiger partial charge in [0.2, 0.25) is 0 Å². The lowest BCUT2D eigenvalue weighted by atomic mass is 10.2. The van der Waals surface area contributed by atoms with Crippen LogP contribution >= 0.6 is 0 Å². The van der Waals surface area contributed by atoms with Crippen molar-refractivity contribution in [1.29, 1.82) is 0 Å². The van der Waals surface area contributed by atoms with Gasteiger partial charge in [-0.15, -0.1) is 0 Å². The van der Waals surface area contributed by atoms with Gasteiger partial charge in [-0.1, -0.05) is 37.3 Å². The molecule has 0 aromatic rings. The van der Waals surface area contributed by atoms with Gasteiger partial charge in [-0.05, 0) is 32.9 Å². The molecule has 0 aromatic carbocycles. The van der Waals surface area contributed by atoms with Gasteiger partial charge in [0.25, 0.3) is 0 Å². The highest BCUT2D eigenvalue weighted by Gasteiger charge is 2.37. The molecule has 0 radical (unpaired) electrons. The molecule has 0 spiro atoms. The third-order valence-corrected chi connectivity index (χ3v) is 2.46. The van der Waals surface area contributed by atoms with E-state index in [9.17, 15) is 0 Å². The van der Waals surface area contributed by atoms with Crippen LogP contribution in [-0.2, 0) is 4.74 Å². The fourth-order valence-corrected chi connectivity index (χ4v) is 1.57. The molecular weight excluding hydrogens is 212 g/mol. The van der Waals surface area contributed by atoms with Crippen LogP contribution in [0.3, 0.4) is 0 Å². The third-order valence-electron chi connectivity index (χ3n) is 2.46. The van der Waals surface area contributed by atoms with Gasteiger partial charge in [-0.25, -0.2) is 4.99 Å². The highest BCUT2D eigenvalue weighted by Crippen LogP contribution is 2.27. The zero-order valence-corrected chi connectivity index (χ0v) is 10.9. The fourth-order valence-electron chi connectivity index (χ4n) is 1.57. The molecule has 3 nitrogen and oxygen atoms in total. The lowest BCUT2D eigenvalue weighted by Gasteiger charge is -1.95. The highest BCUT2D eigenvalue weighted by atomic mass is 16.6. The average Bonchev–Trinajstić information content (AvgIpc) is 2.97. The van der Waals surface area contributed by atoms with Gasteiger partial charge in [-0.3, -0.25) is 0 Å². The van der Waals surface area contributed by atoms with Crippen LogP contribution in [0.2, 0.25) is 0 Å². The molecule has 1 aliphatic heterocycles. The summed E-state index contributed by atoms with van der Waals surface area (Å²) in [6.07, 6.45) is 10.4. The largest absolute Gasteiger partial charge is 0.351 e. The van der Waals surface area contributed by atoms with Crippen molar-refractivity contribution in [3.05, 3.63) is 36.6 Å². The van der Waals surface area contributed by atoms with E-state index in [2.05, 4.69) is 49.0 Å². The Morgan fingerprint density at radius 3 is 2.88 bits per heavy atom. The van der Waals surface area contributed by atoms with Crippen molar-refractivity contribution in [2.75, 3.05) is 0 Å². The van der Waals surface area contributed by atoms with Crippen LogP contribution in [0.15, 0.2) is 41.6 Å². The molecule has 0 aliphatic carbocycles. The zero-order chi connectivity index (χ0) is 12.7. The van der Waals surface area contributed by atoms with Crippen LogP contribution < -0.4 is 5.32 Å². The summed E-state index contributed by atoms with van der Waals surface area (Å²) in [4.78, 5) is 4.36. The zero-order valence-electron chi connectivity index (χ0n) is 10.9.